The average Bonchev–Trinajstić information content (AvgIpc) is 3.18. The lowest BCUT2D eigenvalue weighted by Crippen LogP contribution is -2.29. The molecule has 0 aromatic heterocycles. The van der Waals surface area contributed by atoms with Crippen LogP contribution in [0.25, 0.3) is 0 Å². The number of unbranched alkanes of at least 4 members (excludes halogenated alkanes) is 14. The minimum absolute atomic E-state index is 0.125. The Bertz CT molecular complexity index is 1180. The van der Waals surface area contributed by atoms with Crippen molar-refractivity contribution in [3.63, 3.8) is 0 Å². The van der Waals surface area contributed by atoms with Crippen molar-refractivity contribution in [1.29, 1.82) is 0 Å². The first-order valence-electron chi connectivity index (χ1n) is 21.2. The van der Waals surface area contributed by atoms with Crippen LogP contribution < -0.4 is 0 Å². The maximum absolute atomic E-state index is 12.6. The highest BCUT2D eigenvalue weighted by Crippen LogP contribution is 2.43. The van der Waals surface area contributed by atoms with Crippen LogP contribution in [0.3, 0.4) is 0 Å². The van der Waals surface area contributed by atoms with Crippen molar-refractivity contribution in [2.75, 3.05) is 26.4 Å². The monoisotopic (exact) mass is 811 g/mol. The third-order valence-electron chi connectivity index (χ3n) is 8.62. The zero-order valence-electron chi connectivity index (χ0n) is 34.6. The normalized spacial score (nSPS) is 14.4. The summed E-state index contributed by atoms with van der Waals surface area (Å²) in [6.07, 6.45) is 38.8. The van der Waals surface area contributed by atoms with Crippen LogP contribution in [0, 0.1) is 0 Å². The molecule has 1 unspecified atom stereocenters. The lowest BCUT2D eigenvalue weighted by molar-refractivity contribution is -0.161. The summed E-state index contributed by atoms with van der Waals surface area (Å²) in [6.45, 7) is 2.10. The van der Waals surface area contributed by atoms with Crippen molar-refractivity contribution in [3.05, 3.63) is 60.8 Å². The third kappa shape index (κ3) is 38.2. The van der Waals surface area contributed by atoms with Crippen LogP contribution in [0.15, 0.2) is 60.8 Å². The molecule has 56 heavy (non-hydrogen) atoms. The lowest BCUT2D eigenvalue weighted by Gasteiger charge is -2.20. The van der Waals surface area contributed by atoms with Gasteiger partial charge in [-0.25, -0.2) is 4.57 Å². The Hall–Kier alpha value is -2.66. The maximum Gasteiger partial charge on any atom is 0.472 e. The first kappa shape index (κ1) is 53.3. The van der Waals surface area contributed by atoms with E-state index in [4.69, 9.17) is 19.1 Å². The van der Waals surface area contributed by atoms with E-state index in [9.17, 15) is 28.9 Å². The molecule has 0 amide bonds. The number of phosphoric acid groups is 1. The summed E-state index contributed by atoms with van der Waals surface area (Å²) >= 11 is 0. The fraction of sp³-hybridized carbons (Fsp3) is 0.705. The molecule has 0 aromatic carbocycles. The van der Waals surface area contributed by atoms with Crippen LogP contribution in [0.4, 0.5) is 0 Å². The number of ketones is 1. The van der Waals surface area contributed by atoms with E-state index in [1.807, 2.05) is 12.2 Å². The quantitative estimate of drug-likeness (QED) is 0.0135. The second-order valence-corrected chi connectivity index (χ2v) is 15.5. The van der Waals surface area contributed by atoms with E-state index in [1.54, 1.807) is 12.2 Å². The summed E-state index contributed by atoms with van der Waals surface area (Å²) in [5.74, 6) is -0.858. The van der Waals surface area contributed by atoms with Gasteiger partial charge in [0.2, 0.25) is 0 Å². The predicted molar refractivity (Wildman–Crippen MR) is 224 cm³/mol. The van der Waals surface area contributed by atoms with Gasteiger partial charge in [0.1, 0.15) is 12.7 Å². The SMILES string of the molecule is CCCCC/C=C\C/C=C\C/C=C\CCCCCCC(=O)OC[C@H](COP(=O)(O)OC[C@@H](O)CO)OC(=O)CCCCCCC/C=C\C=C\C(=O)CCCCC. The fourth-order valence-corrected chi connectivity index (χ4v) is 6.06. The molecule has 0 heterocycles. The number of rotatable bonds is 39. The van der Waals surface area contributed by atoms with Crippen LogP contribution in [0.1, 0.15) is 162 Å². The second kappa shape index (κ2) is 39.2. The van der Waals surface area contributed by atoms with Crippen molar-refractivity contribution in [3.8, 4) is 0 Å². The largest absolute Gasteiger partial charge is 0.472 e. The Balaban J connectivity index is 4.43. The number of allylic oxidation sites excluding steroid dienone is 10. The van der Waals surface area contributed by atoms with Crippen LogP contribution in [-0.2, 0) is 37.5 Å². The summed E-state index contributed by atoms with van der Waals surface area (Å²) in [5.41, 5.74) is 0. The summed E-state index contributed by atoms with van der Waals surface area (Å²) in [7, 11) is -4.65. The molecule has 0 rings (SSSR count). The van der Waals surface area contributed by atoms with E-state index in [0.29, 0.717) is 19.3 Å². The molecule has 0 saturated carbocycles. The molecule has 0 saturated heterocycles. The molecular formula is C44H75O11P. The van der Waals surface area contributed by atoms with Gasteiger partial charge in [-0.2, -0.15) is 0 Å². The van der Waals surface area contributed by atoms with Crippen molar-refractivity contribution in [2.24, 2.45) is 0 Å². The molecule has 3 N–H and O–H groups in total. The van der Waals surface area contributed by atoms with E-state index >= 15 is 0 Å². The van der Waals surface area contributed by atoms with Gasteiger partial charge in [0, 0.05) is 19.3 Å². The zero-order valence-corrected chi connectivity index (χ0v) is 35.5. The van der Waals surface area contributed by atoms with Crippen molar-refractivity contribution >= 4 is 25.5 Å². The third-order valence-corrected chi connectivity index (χ3v) is 9.57. The van der Waals surface area contributed by atoms with Crippen LogP contribution in [0.5, 0.6) is 0 Å². The van der Waals surface area contributed by atoms with E-state index in [1.165, 1.54) is 19.3 Å². The zero-order chi connectivity index (χ0) is 41.4. The standard InChI is InChI=1S/C44H75O11P/c1-3-5-7-8-9-10-11-12-13-14-15-16-17-20-23-26-30-34-43(48)52-38-42(39-54-56(50,51)53-37-41(47)36-45)55-44(49)35-31-27-24-21-18-19-22-25-29-33-40(46)32-28-6-4-2/h9-10,12-13,15-16,22,25,29,33,41-42,45,47H,3-8,11,14,17-21,23-24,26-28,30-32,34-39H2,1-2H3,(H,50,51)/b10-9-,13-12-,16-15-,25-22-,33-29+/t41-,42+/m0/s1. The molecule has 3 atom stereocenters. The van der Waals surface area contributed by atoms with Crippen LogP contribution >= 0.6 is 7.82 Å². The van der Waals surface area contributed by atoms with Gasteiger partial charge < -0.3 is 24.6 Å². The van der Waals surface area contributed by atoms with Gasteiger partial charge in [-0.1, -0.05) is 126 Å². The summed E-state index contributed by atoms with van der Waals surface area (Å²) in [5, 5.41) is 18.3. The van der Waals surface area contributed by atoms with Gasteiger partial charge in [0.15, 0.2) is 11.9 Å². The van der Waals surface area contributed by atoms with Crippen molar-refractivity contribution in [2.45, 2.75) is 174 Å². The molecule has 0 spiro atoms. The maximum atomic E-state index is 12.6. The Morgan fingerprint density at radius 2 is 1.09 bits per heavy atom. The molecule has 0 bridgehead atoms. The Kier molecular flexibility index (Phi) is 37.3. The molecule has 12 heteroatoms. The van der Waals surface area contributed by atoms with Gasteiger partial charge in [-0.3, -0.25) is 23.4 Å². The predicted octanol–water partition coefficient (Wildman–Crippen LogP) is 10.3. The Morgan fingerprint density at radius 3 is 1.71 bits per heavy atom. The Labute approximate surface area is 338 Å². The molecule has 322 valence electrons. The summed E-state index contributed by atoms with van der Waals surface area (Å²) in [4.78, 5) is 46.7. The van der Waals surface area contributed by atoms with E-state index < -0.39 is 51.8 Å². The molecular weight excluding hydrogens is 735 g/mol. The number of phosphoric ester groups is 1. The number of hydrogen-bond donors (Lipinski definition) is 3. The molecule has 0 aliphatic carbocycles. The van der Waals surface area contributed by atoms with Crippen LogP contribution in [0.2, 0.25) is 0 Å². The van der Waals surface area contributed by atoms with Gasteiger partial charge in [0.05, 0.1) is 19.8 Å². The summed E-state index contributed by atoms with van der Waals surface area (Å²) < 4.78 is 32.6. The smallest absolute Gasteiger partial charge is 0.462 e. The molecule has 0 aliphatic heterocycles. The number of carbonyl (C=O) groups excluding carboxylic acids is 3. The fourth-order valence-electron chi connectivity index (χ4n) is 5.27. The van der Waals surface area contributed by atoms with Crippen molar-refractivity contribution < 1.29 is 52.6 Å². The number of ether oxygens (including phenoxy) is 2. The molecule has 0 fully saturated rings. The number of aliphatic hydroxyl groups is 2. The van der Waals surface area contributed by atoms with E-state index in [-0.39, 0.29) is 25.2 Å². The van der Waals surface area contributed by atoms with Gasteiger partial charge >= 0.3 is 19.8 Å². The number of hydrogen-bond acceptors (Lipinski definition) is 10. The highest BCUT2D eigenvalue weighted by Gasteiger charge is 2.27. The highest BCUT2D eigenvalue weighted by atomic mass is 31.2. The number of esters is 2. The first-order valence-corrected chi connectivity index (χ1v) is 22.7. The van der Waals surface area contributed by atoms with Gasteiger partial charge in [-0.05, 0) is 76.7 Å². The number of carbonyl (C=O) groups is 3. The van der Waals surface area contributed by atoms with Crippen LogP contribution in [-0.4, -0.2) is 71.5 Å². The second-order valence-electron chi connectivity index (χ2n) is 14.0. The number of aliphatic hydroxyl groups excluding tert-OH is 2. The Morgan fingerprint density at radius 1 is 0.589 bits per heavy atom. The molecule has 0 aliphatic rings. The van der Waals surface area contributed by atoms with Crippen molar-refractivity contribution in [1.82, 2.24) is 0 Å². The van der Waals surface area contributed by atoms with Gasteiger partial charge in [-0.15, -0.1) is 0 Å². The average molecular weight is 811 g/mol. The minimum atomic E-state index is -4.65. The molecule has 0 radical (unpaired) electrons. The van der Waals surface area contributed by atoms with E-state index in [2.05, 4.69) is 54.8 Å². The first-order chi connectivity index (χ1) is 27.1. The lowest BCUT2D eigenvalue weighted by atomic mass is 10.1. The molecule has 0 aromatic rings. The van der Waals surface area contributed by atoms with E-state index in [0.717, 1.165) is 96.3 Å². The molecule has 11 nitrogen and oxygen atoms in total. The van der Waals surface area contributed by atoms with Gasteiger partial charge in [0.25, 0.3) is 0 Å². The highest BCUT2D eigenvalue weighted by molar-refractivity contribution is 7.47. The minimum Gasteiger partial charge on any atom is -0.462 e. The summed E-state index contributed by atoms with van der Waals surface area (Å²) in [6, 6.07) is 0. The topological polar surface area (TPSA) is 166 Å².